The molecule has 0 aromatic carbocycles. The Bertz CT molecular complexity index is 626. The van der Waals surface area contributed by atoms with Crippen LogP contribution in [-0.4, -0.2) is 46.1 Å². The quantitative estimate of drug-likeness (QED) is 0.845. The number of pyridine rings is 1. The largest absolute Gasteiger partial charge is 0.444 e. The maximum atomic E-state index is 12.8. The fraction of sp³-hybridized carbons (Fsp3) is 0.562. The van der Waals surface area contributed by atoms with Crippen LogP contribution < -0.4 is 5.32 Å². The van der Waals surface area contributed by atoms with Gasteiger partial charge in [0.15, 0.2) is 0 Å². The molecule has 4 rings (SSSR count). The van der Waals surface area contributed by atoms with Crippen LogP contribution >= 0.6 is 0 Å². The standard InChI is InChI=1S/C16H20FN3O3/c1-16(2,3)23-15(22)20-8-10-6-11(20)13(10)19-14(21)9-4-5-12(17)18-7-9/h4-5,7,10-11,13H,6,8H2,1-3H3,(H,19,21). The number of halogens is 1. The van der Waals surface area contributed by atoms with Gasteiger partial charge in [-0.2, -0.15) is 4.39 Å². The zero-order chi connectivity index (χ0) is 16.8. The van der Waals surface area contributed by atoms with Crippen LogP contribution in [0.15, 0.2) is 18.3 Å². The maximum absolute atomic E-state index is 12.8. The summed E-state index contributed by atoms with van der Waals surface area (Å²) in [6.07, 6.45) is 1.73. The smallest absolute Gasteiger partial charge is 0.410 e. The third kappa shape index (κ3) is 3.13. The van der Waals surface area contributed by atoms with Crippen molar-refractivity contribution in [2.75, 3.05) is 6.54 Å². The minimum Gasteiger partial charge on any atom is -0.444 e. The van der Waals surface area contributed by atoms with E-state index >= 15 is 0 Å². The van der Waals surface area contributed by atoms with E-state index in [-0.39, 0.29) is 30.0 Å². The van der Waals surface area contributed by atoms with Crippen molar-refractivity contribution in [1.82, 2.24) is 15.2 Å². The van der Waals surface area contributed by atoms with E-state index in [1.165, 1.54) is 12.3 Å². The molecule has 1 N–H and O–H groups in total. The molecule has 2 aliphatic heterocycles. The lowest BCUT2D eigenvalue weighted by atomic mass is 9.80. The Hall–Kier alpha value is -2.18. The molecule has 0 radical (unpaired) electrons. The first-order valence-corrected chi connectivity index (χ1v) is 7.66. The van der Waals surface area contributed by atoms with Crippen LogP contribution in [0.25, 0.3) is 0 Å². The van der Waals surface area contributed by atoms with Gasteiger partial charge in [0.1, 0.15) is 5.60 Å². The molecule has 23 heavy (non-hydrogen) atoms. The highest BCUT2D eigenvalue weighted by Crippen LogP contribution is 2.41. The van der Waals surface area contributed by atoms with E-state index in [1.54, 1.807) is 4.90 Å². The fourth-order valence-electron chi connectivity index (χ4n) is 3.11. The second-order valence-electron chi connectivity index (χ2n) is 7.06. The van der Waals surface area contributed by atoms with Gasteiger partial charge < -0.3 is 15.0 Å². The predicted molar refractivity (Wildman–Crippen MR) is 80.3 cm³/mol. The zero-order valence-electron chi connectivity index (χ0n) is 13.4. The predicted octanol–water partition coefficient (Wildman–Crippen LogP) is 1.96. The minimum absolute atomic E-state index is 0.0350. The molecule has 3 atom stereocenters. The van der Waals surface area contributed by atoms with Crippen molar-refractivity contribution >= 4 is 12.0 Å². The van der Waals surface area contributed by atoms with Crippen molar-refractivity contribution in [3.8, 4) is 0 Å². The van der Waals surface area contributed by atoms with Gasteiger partial charge in [-0.1, -0.05) is 0 Å². The average Bonchev–Trinajstić information content (AvgIpc) is 3.02. The minimum atomic E-state index is -0.624. The molecular formula is C16H20FN3O3. The number of amides is 2. The summed E-state index contributed by atoms with van der Waals surface area (Å²) >= 11 is 0. The molecule has 1 saturated carbocycles. The number of carbonyl (C=O) groups is 2. The molecule has 3 unspecified atom stereocenters. The Labute approximate surface area is 134 Å². The van der Waals surface area contributed by atoms with Crippen LogP contribution in [0, 0.1) is 11.9 Å². The first kappa shape index (κ1) is 15.7. The lowest BCUT2D eigenvalue weighted by molar-refractivity contribution is 0.0221. The van der Waals surface area contributed by atoms with Gasteiger partial charge in [-0.25, -0.2) is 9.78 Å². The number of rotatable bonds is 2. The number of carbonyl (C=O) groups excluding carboxylic acids is 2. The molecule has 124 valence electrons. The molecule has 2 bridgehead atoms. The third-order valence-corrected chi connectivity index (χ3v) is 4.21. The van der Waals surface area contributed by atoms with Gasteiger partial charge in [0.2, 0.25) is 5.95 Å². The highest BCUT2D eigenvalue weighted by molar-refractivity contribution is 5.94. The molecule has 3 fully saturated rings. The van der Waals surface area contributed by atoms with Crippen LogP contribution in [0.2, 0.25) is 0 Å². The van der Waals surface area contributed by atoms with E-state index in [9.17, 15) is 14.0 Å². The topological polar surface area (TPSA) is 71.5 Å². The number of ether oxygens (including phenoxy) is 1. The first-order chi connectivity index (χ1) is 10.7. The van der Waals surface area contributed by atoms with Crippen LogP contribution in [0.5, 0.6) is 0 Å². The van der Waals surface area contributed by atoms with Crippen LogP contribution in [-0.2, 0) is 4.74 Å². The third-order valence-electron chi connectivity index (χ3n) is 4.21. The van der Waals surface area contributed by atoms with Crippen molar-refractivity contribution in [3.05, 3.63) is 29.8 Å². The number of nitrogens with one attached hydrogen (secondary N) is 1. The first-order valence-electron chi connectivity index (χ1n) is 7.66. The molecule has 3 aliphatic rings. The summed E-state index contributed by atoms with van der Waals surface area (Å²) in [5.41, 5.74) is -0.232. The Morgan fingerprint density at radius 2 is 2.13 bits per heavy atom. The van der Waals surface area contributed by atoms with Crippen molar-refractivity contribution < 1.29 is 18.7 Å². The van der Waals surface area contributed by atoms with Crippen LogP contribution in [0.3, 0.4) is 0 Å². The zero-order valence-corrected chi connectivity index (χ0v) is 13.4. The number of fused-ring (bicyclic) bond motifs is 1. The molecule has 7 heteroatoms. The van der Waals surface area contributed by atoms with E-state index in [0.717, 1.165) is 12.5 Å². The SMILES string of the molecule is CC(C)(C)OC(=O)N1CC2CC1C2NC(=O)c1ccc(F)nc1. The van der Waals surface area contributed by atoms with Crippen LogP contribution in [0.4, 0.5) is 9.18 Å². The van der Waals surface area contributed by atoms with Gasteiger partial charge in [-0.3, -0.25) is 4.79 Å². The van der Waals surface area contributed by atoms with Crippen molar-refractivity contribution in [2.45, 2.75) is 44.9 Å². The normalized spacial score (nSPS) is 25.7. The molecule has 1 aliphatic carbocycles. The molecule has 2 amide bonds. The number of hydrogen-bond donors (Lipinski definition) is 1. The summed E-state index contributed by atoms with van der Waals surface area (Å²) in [5.74, 6) is -0.686. The molecule has 0 spiro atoms. The van der Waals surface area contributed by atoms with E-state index < -0.39 is 11.5 Å². The molecule has 1 aromatic rings. The summed E-state index contributed by atoms with van der Waals surface area (Å²) in [5, 5.41) is 2.91. The fourth-order valence-corrected chi connectivity index (χ4v) is 3.11. The lowest BCUT2D eigenvalue weighted by Crippen LogP contribution is -2.55. The summed E-state index contributed by atoms with van der Waals surface area (Å²) in [6.45, 7) is 6.07. The van der Waals surface area contributed by atoms with Gasteiger partial charge in [-0.05, 0) is 39.3 Å². The highest BCUT2D eigenvalue weighted by atomic mass is 19.1. The Kier molecular flexibility index (Phi) is 3.74. The Balaban J connectivity index is 1.60. The summed E-state index contributed by atoms with van der Waals surface area (Å²) < 4.78 is 18.2. The highest BCUT2D eigenvalue weighted by Gasteiger charge is 2.55. The van der Waals surface area contributed by atoms with Gasteiger partial charge in [-0.15, -0.1) is 0 Å². The van der Waals surface area contributed by atoms with E-state index in [2.05, 4.69) is 10.3 Å². The molecule has 6 nitrogen and oxygen atoms in total. The Morgan fingerprint density at radius 3 is 2.74 bits per heavy atom. The number of hydrogen-bond acceptors (Lipinski definition) is 4. The van der Waals surface area contributed by atoms with Gasteiger partial charge >= 0.3 is 6.09 Å². The lowest BCUT2D eigenvalue weighted by Gasteiger charge is -2.37. The molecular weight excluding hydrogens is 301 g/mol. The molecule has 2 saturated heterocycles. The summed E-state index contributed by atoms with van der Waals surface area (Å²) in [6, 6.07) is 2.42. The van der Waals surface area contributed by atoms with Crippen molar-refractivity contribution in [2.24, 2.45) is 5.92 Å². The second-order valence-corrected chi connectivity index (χ2v) is 7.06. The number of nitrogens with zero attached hydrogens (tertiary/aromatic N) is 2. The van der Waals surface area contributed by atoms with Gasteiger partial charge in [0.25, 0.3) is 5.91 Å². The van der Waals surface area contributed by atoms with E-state index in [4.69, 9.17) is 4.74 Å². The molecule has 1 aromatic heterocycles. The summed E-state index contributed by atoms with van der Waals surface area (Å²) in [4.78, 5) is 29.5. The number of aromatic nitrogens is 1. The molecule has 3 heterocycles. The van der Waals surface area contributed by atoms with Gasteiger partial charge in [0.05, 0.1) is 17.6 Å². The van der Waals surface area contributed by atoms with Crippen molar-refractivity contribution in [1.29, 1.82) is 0 Å². The van der Waals surface area contributed by atoms with Crippen LogP contribution in [0.1, 0.15) is 37.6 Å². The summed E-state index contributed by atoms with van der Waals surface area (Å²) in [7, 11) is 0. The van der Waals surface area contributed by atoms with E-state index in [1.807, 2.05) is 20.8 Å². The van der Waals surface area contributed by atoms with Gasteiger partial charge in [0, 0.05) is 18.7 Å². The monoisotopic (exact) mass is 321 g/mol. The average molecular weight is 321 g/mol. The van der Waals surface area contributed by atoms with Crippen molar-refractivity contribution in [3.63, 3.8) is 0 Å². The van der Waals surface area contributed by atoms with E-state index in [0.29, 0.717) is 12.1 Å². The second kappa shape index (κ2) is 5.47. The maximum Gasteiger partial charge on any atom is 0.410 e. The Morgan fingerprint density at radius 1 is 1.39 bits per heavy atom.